The van der Waals surface area contributed by atoms with E-state index in [1.807, 2.05) is 17.8 Å². The number of aryl methyl sites for hydroxylation is 1. The molecule has 2 rings (SSSR count). The van der Waals surface area contributed by atoms with Crippen LogP contribution in [0.1, 0.15) is 24.4 Å². The first-order valence-electron chi connectivity index (χ1n) is 7.10. The number of sulfonamides is 2. The van der Waals surface area contributed by atoms with Gasteiger partial charge in [-0.15, -0.1) is 0 Å². The molecule has 1 N–H and O–H groups in total. The molecule has 8 nitrogen and oxygen atoms in total. The van der Waals surface area contributed by atoms with Crippen molar-refractivity contribution in [2.24, 2.45) is 0 Å². The van der Waals surface area contributed by atoms with Crippen LogP contribution in [-0.2, 0) is 20.0 Å². The standard InChI is InChI=1S/C12H22N4O4S2/c1-11-9-13-16(10-11)12-3-6-15(7-4-12)22(19,20)8-5-14-21(2,17)18/h9-10,12,14H,3-8H2,1-2H3. The summed E-state index contributed by atoms with van der Waals surface area (Å²) in [6.45, 7) is 2.74. The first kappa shape index (κ1) is 17.4. The van der Waals surface area contributed by atoms with Crippen LogP contribution >= 0.6 is 0 Å². The van der Waals surface area contributed by atoms with Gasteiger partial charge in [-0.1, -0.05) is 0 Å². The Labute approximate surface area is 131 Å². The summed E-state index contributed by atoms with van der Waals surface area (Å²) in [5, 5.41) is 4.28. The van der Waals surface area contributed by atoms with Crippen molar-refractivity contribution in [3.63, 3.8) is 0 Å². The number of hydrogen-bond acceptors (Lipinski definition) is 5. The zero-order chi connectivity index (χ0) is 16.4. The molecule has 0 aromatic carbocycles. The Balaban J connectivity index is 1.87. The number of nitrogens with one attached hydrogen (secondary N) is 1. The molecular weight excluding hydrogens is 328 g/mol. The monoisotopic (exact) mass is 350 g/mol. The van der Waals surface area contributed by atoms with Crippen LogP contribution in [0.25, 0.3) is 0 Å². The average molecular weight is 350 g/mol. The predicted octanol–water partition coefficient (Wildman–Crippen LogP) is -0.293. The Kier molecular flexibility index (Phi) is 5.25. The van der Waals surface area contributed by atoms with Crippen LogP contribution in [0.15, 0.2) is 12.4 Å². The van der Waals surface area contributed by atoms with Gasteiger partial charge in [-0.3, -0.25) is 4.68 Å². The minimum Gasteiger partial charge on any atom is -0.269 e. The molecule has 10 heteroatoms. The predicted molar refractivity (Wildman–Crippen MR) is 83.4 cm³/mol. The summed E-state index contributed by atoms with van der Waals surface area (Å²) in [5.41, 5.74) is 1.09. The highest BCUT2D eigenvalue weighted by molar-refractivity contribution is 7.89. The Bertz CT molecular complexity index is 703. The summed E-state index contributed by atoms with van der Waals surface area (Å²) in [6, 6.07) is 0.217. The minimum absolute atomic E-state index is 0.0978. The SMILES string of the molecule is Cc1cnn(C2CCN(S(=O)(=O)CCNS(C)(=O)=O)CC2)c1. The molecule has 0 unspecified atom stereocenters. The van der Waals surface area contributed by atoms with E-state index in [9.17, 15) is 16.8 Å². The maximum atomic E-state index is 12.2. The van der Waals surface area contributed by atoms with Gasteiger partial charge in [-0.2, -0.15) is 5.10 Å². The Morgan fingerprint density at radius 2 is 1.91 bits per heavy atom. The fourth-order valence-electron chi connectivity index (χ4n) is 2.50. The molecule has 126 valence electrons. The molecule has 2 heterocycles. The van der Waals surface area contributed by atoms with Gasteiger partial charge >= 0.3 is 0 Å². The largest absolute Gasteiger partial charge is 0.269 e. The van der Waals surface area contributed by atoms with Crippen LogP contribution < -0.4 is 4.72 Å². The lowest BCUT2D eigenvalue weighted by Gasteiger charge is -2.31. The molecule has 1 saturated heterocycles. The van der Waals surface area contributed by atoms with E-state index < -0.39 is 20.0 Å². The highest BCUT2D eigenvalue weighted by Gasteiger charge is 2.28. The van der Waals surface area contributed by atoms with Crippen molar-refractivity contribution in [3.05, 3.63) is 18.0 Å². The van der Waals surface area contributed by atoms with Crippen LogP contribution in [0.5, 0.6) is 0 Å². The number of rotatable bonds is 6. The molecule has 1 aliphatic heterocycles. The molecule has 1 fully saturated rings. The third-order valence-electron chi connectivity index (χ3n) is 3.65. The van der Waals surface area contributed by atoms with Crippen LogP contribution in [0.2, 0.25) is 0 Å². The van der Waals surface area contributed by atoms with Crippen molar-refractivity contribution >= 4 is 20.0 Å². The summed E-state index contributed by atoms with van der Waals surface area (Å²) >= 11 is 0. The lowest BCUT2D eigenvalue weighted by atomic mass is 10.1. The Morgan fingerprint density at radius 1 is 1.27 bits per heavy atom. The molecule has 0 atom stereocenters. The van der Waals surface area contributed by atoms with Gasteiger partial charge in [0.2, 0.25) is 20.0 Å². The molecular formula is C12H22N4O4S2. The van der Waals surface area contributed by atoms with E-state index in [2.05, 4.69) is 9.82 Å². The fourth-order valence-corrected chi connectivity index (χ4v) is 4.49. The van der Waals surface area contributed by atoms with Crippen LogP contribution in [0.3, 0.4) is 0 Å². The third kappa shape index (κ3) is 4.77. The van der Waals surface area contributed by atoms with E-state index in [1.54, 1.807) is 6.20 Å². The number of nitrogens with zero attached hydrogens (tertiary/aromatic N) is 3. The van der Waals surface area contributed by atoms with Crippen LogP contribution in [-0.4, -0.2) is 62.6 Å². The summed E-state index contributed by atoms with van der Waals surface area (Å²) in [6.07, 6.45) is 6.18. The van der Waals surface area contributed by atoms with Crippen LogP contribution in [0.4, 0.5) is 0 Å². The van der Waals surface area contributed by atoms with E-state index in [1.165, 1.54) is 4.31 Å². The topological polar surface area (TPSA) is 101 Å². The van der Waals surface area contributed by atoms with E-state index in [-0.39, 0.29) is 18.3 Å². The summed E-state index contributed by atoms with van der Waals surface area (Å²) in [5.74, 6) is -0.217. The van der Waals surface area contributed by atoms with E-state index in [4.69, 9.17) is 0 Å². The van der Waals surface area contributed by atoms with Gasteiger partial charge in [0.15, 0.2) is 0 Å². The number of piperidine rings is 1. The highest BCUT2D eigenvalue weighted by Crippen LogP contribution is 2.23. The van der Waals surface area contributed by atoms with Crippen molar-refractivity contribution in [3.8, 4) is 0 Å². The van der Waals surface area contributed by atoms with Gasteiger partial charge in [0.05, 0.1) is 24.2 Å². The lowest BCUT2D eigenvalue weighted by Crippen LogP contribution is -2.42. The zero-order valence-corrected chi connectivity index (χ0v) is 14.4. The quantitative estimate of drug-likeness (QED) is 0.759. The van der Waals surface area contributed by atoms with Crippen molar-refractivity contribution in [2.45, 2.75) is 25.8 Å². The normalized spacial score (nSPS) is 18.6. The minimum atomic E-state index is -3.43. The lowest BCUT2D eigenvalue weighted by molar-refractivity contribution is 0.261. The molecule has 0 aliphatic carbocycles. The maximum absolute atomic E-state index is 12.2. The molecule has 22 heavy (non-hydrogen) atoms. The van der Waals surface area contributed by atoms with Gasteiger partial charge in [-0.25, -0.2) is 25.9 Å². The summed E-state index contributed by atoms with van der Waals surface area (Å²) < 4.78 is 51.8. The van der Waals surface area contributed by atoms with Crippen molar-refractivity contribution in [1.29, 1.82) is 0 Å². The van der Waals surface area contributed by atoms with Gasteiger partial charge in [0.1, 0.15) is 0 Å². The van der Waals surface area contributed by atoms with E-state index in [0.29, 0.717) is 25.9 Å². The van der Waals surface area contributed by atoms with E-state index >= 15 is 0 Å². The maximum Gasteiger partial charge on any atom is 0.215 e. The molecule has 0 amide bonds. The molecule has 1 aliphatic rings. The van der Waals surface area contributed by atoms with Gasteiger partial charge in [0, 0.05) is 25.8 Å². The molecule has 1 aromatic heterocycles. The Morgan fingerprint density at radius 3 is 2.41 bits per heavy atom. The zero-order valence-electron chi connectivity index (χ0n) is 12.8. The van der Waals surface area contributed by atoms with Crippen molar-refractivity contribution < 1.29 is 16.8 Å². The second-order valence-corrected chi connectivity index (χ2v) is 9.53. The molecule has 0 radical (unpaired) electrons. The number of hydrogen-bond donors (Lipinski definition) is 1. The summed E-state index contributed by atoms with van der Waals surface area (Å²) in [7, 11) is -6.79. The second-order valence-electron chi connectivity index (χ2n) is 5.61. The first-order valence-corrected chi connectivity index (χ1v) is 10.6. The fraction of sp³-hybridized carbons (Fsp3) is 0.750. The highest BCUT2D eigenvalue weighted by atomic mass is 32.2. The summed E-state index contributed by atoms with van der Waals surface area (Å²) in [4.78, 5) is 0. The molecule has 0 bridgehead atoms. The molecule has 0 spiro atoms. The van der Waals surface area contributed by atoms with Crippen molar-refractivity contribution in [1.82, 2.24) is 18.8 Å². The Hall–Kier alpha value is -0.970. The van der Waals surface area contributed by atoms with Crippen molar-refractivity contribution in [2.75, 3.05) is 31.6 Å². The second kappa shape index (κ2) is 6.65. The van der Waals surface area contributed by atoms with Gasteiger partial charge < -0.3 is 0 Å². The van der Waals surface area contributed by atoms with Crippen LogP contribution in [0, 0.1) is 6.92 Å². The van der Waals surface area contributed by atoms with E-state index in [0.717, 1.165) is 11.8 Å². The smallest absolute Gasteiger partial charge is 0.215 e. The average Bonchev–Trinajstić information content (AvgIpc) is 2.84. The third-order valence-corrected chi connectivity index (χ3v) is 6.25. The first-order chi connectivity index (χ1) is 10.2. The molecule has 0 saturated carbocycles. The number of aromatic nitrogens is 2. The molecule has 1 aromatic rings. The van der Waals surface area contributed by atoms with Gasteiger partial charge in [0.25, 0.3) is 0 Å². The van der Waals surface area contributed by atoms with Gasteiger partial charge in [-0.05, 0) is 25.3 Å².